The number of rotatable bonds is 9. The Kier molecular flexibility index (Phi) is 10.3. The zero-order chi connectivity index (χ0) is 41.6. The van der Waals surface area contributed by atoms with Crippen molar-refractivity contribution >= 4 is 87.9 Å². The minimum Gasteiger partial charge on any atom is -0.497 e. The first-order chi connectivity index (χ1) is 28.2. The Bertz CT molecular complexity index is 2620. The second-order valence-corrected chi connectivity index (χ2v) is 15.8. The number of ether oxygens (including phenoxy) is 2. The fraction of sp³-hybridized carbons (Fsp3) is 0.325. The number of imide groups is 2. The number of halogens is 1. The SMILES string of the molecule is CC(C)(C)OC(=O)N(c1cc(Cl)nc2c(/C=C3\CC(=O)NC3=O)cnn12)C1CC1.COc1cccc(Nc2cc(NC3CC3)n3ncc(/C=C4\CC(=O)NC4=O)c3n2)c1. The van der Waals surface area contributed by atoms with Crippen LogP contribution in [0.4, 0.5) is 27.9 Å². The summed E-state index contributed by atoms with van der Waals surface area (Å²) in [5, 5.41) is 20.3. The van der Waals surface area contributed by atoms with E-state index in [9.17, 15) is 24.0 Å². The van der Waals surface area contributed by atoms with Crippen molar-refractivity contribution in [3.05, 3.63) is 76.2 Å². The molecule has 304 valence electrons. The number of hydrogen-bond acceptors (Lipinski definition) is 13. The molecule has 9 rings (SSSR count). The highest BCUT2D eigenvalue weighted by Gasteiger charge is 2.38. The van der Waals surface area contributed by atoms with E-state index in [1.165, 1.54) is 10.7 Å². The number of benzene rings is 1. The van der Waals surface area contributed by atoms with Crippen LogP contribution in [0.5, 0.6) is 5.75 Å². The van der Waals surface area contributed by atoms with E-state index in [1.54, 1.807) is 61.7 Å². The summed E-state index contributed by atoms with van der Waals surface area (Å²) < 4.78 is 14.1. The van der Waals surface area contributed by atoms with E-state index in [4.69, 9.17) is 26.1 Å². The lowest BCUT2D eigenvalue weighted by Gasteiger charge is -2.27. The minimum atomic E-state index is -0.651. The van der Waals surface area contributed by atoms with Crippen LogP contribution < -0.4 is 30.9 Å². The van der Waals surface area contributed by atoms with Gasteiger partial charge in [0.05, 0.1) is 32.3 Å². The lowest BCUT2D eigenvalue weighted by Crippen LogP contribution is -2.39. The van der Waals surface area contributed by atoms with Gasteiger partial charge in [-0.2, -0.15) is 19.2 Å². The van der Waals surface area contributed by atoms with Gasteiger partial charge in [-0.15, -0.1) is 0 Å². The Morgan fingerprint density at radius 1 is 0.881 bits per heavy atom. The van der Waals surface area contributed by atoms with Crippen molar-refractivity contribution in [3.8, 4) is 5.75 Å². The van der Waals surface area contributed by atoms with Gasteiger partial charge < -0.3 is 20.1 Å². The summed E-state index contributed by atoms with van der Waals surface area (Å²) in [6.45, 7) is 5.41. The highest BCUT2D eigenvalue weighted by molar-refractivity contribution is 6.30. The van der Waals surface area contributed by atoms with E-state index in [-0.39, 0.29) is 41.8 Å². The molecule has 2 aliphatic heterocycles. The Hall–Kier alpha value is -6.82. The maximum Gasteiger partial charge on any atom is 0.416 e. The molecule has 0 radical (unpaired) electrons. The van der Waals surface area contributed by atoms with E-state index in [1.807, 2.05) is 30.3 Å². The molecule has 4 aliphatic rings. The van der Waals surface area contributed by atoms with Crippen molar-refractivity contribution in [2.45, 2.75) is 77.0 Å². The molecule has 4 aromatic heterocycles. The van der Waals surface area contributed by atoms with E-state index in [0.717, 1.165) is 42.9 Å². The van der Waals surface area contributed by atoms with Crippen LogP contribution in [0.1, 0.15) is 70.4 Å². The highest BCUT2D eigenvalue weighted by Crippen LogP contribution is 2.35. The Labute approximate surface area is 342 Å². The largest absolute Gasteiger partial charge is 0.497 e. The lowest BCUT2D eigenvalue weighted by atomic mass is 10.1. The molecule has 0 bridgehead atoms. The summed E-state index contributed by atoms with van der Waals surface area (Å²) >= 11 is 6.24. The van der Waals surface area contributed by atoms with E-state index < -0.39 is 17.6 Å². The first-order valence-corrected chi connectivity index (χ1v) is 19.3. The summed E-state index contributed by atoms with van der Waals surface area (Å²) in [6.07, 6.45) is 9.90. The van der Waals surface area contributed by atoms with Gasteiger partial charge in [0, 0.05) is 58.2 Å². The summed E-state index contributed by atoms with van der Waals surface area (Å²) in [6, 6.07) is 11.5. The summed E-state index contributed by atoms with van der Waals surface area (Å²) in [4.78, 5) is 70.2. The third-order valence-electron chi connectivity index (χ3n) is 9.42. The zero-order valence-electron chi connectivity index (χ0n) is 32.5. The number of anilines is 4. The molecule has 4 fully saturated rings. The van der Waals surface area contributed by atoms with Crippen LogP contribution >= 0.6 is 11.6 Å². The van der Waals surface area contributed by atoms with Gasteiger partial charge in [0.2, 0.25) is 11.8 Å². The molecule has 4 N–H and O–H groups in total. The van der Waals surface area contributed by atoms with Crippen LogP contribution in [0.15, 0.2) is 59.9 Å². The van der Waals surface area contributed by atoms with Crippen LogP contribution in [0.3, 0.4) is 0 Å². The van der Waals surface area contributed by atoms with Gasteiger partial charge in [-0.1, -0.05) is 17.7 Å². The molecule has 2 saturated carbocycles. The molecule has 2 saturated heterocycles. The number of carbonyl (C=O) groups excluding carboxylic acids is 5. The molecule has 6 heterocycles. The van der Waals surface area contributed by atoms with Crippen molar-refractivity contribution in [2.75, 3.05) is 22.6 Å². The molecular weight excluding hydrogens is 782 g/mol. The molecule has 18 nitrogen and oxygen atoms in total. The monoisotopic (exact) mass is 821 g/mol. The van der Waals surface area contributed by atoms with Crippen molar-refractivity contribution in [2.24, 2.45) is 0 Å². The van der Waals surface area contributed by atoms with Gasteiger partial charge >= 0.3 is 6.09 Å². The molecule has 5 aromatic rings. The molecule has 1 aromatic carbocycles. The predicted molar refractivity (Wildman–Crippen MR) is 217 cm³/mol. The number of methoxy groups -OCH3 is 1. The quantitative estimate of drug-likeness (QED) is 0.0856. The normalized spacial score (nSPS) is 17.9. The molecule has 59 heavy (non-hydrogen) atoms. The Morgan fingerprint density at radius 2 is 1.51 bits per heavy atom. The molecule has 19 heteroatoms. The van der Waals surface area contributed by atoms with Gasteiger partial charge in [0.15, 0.2) is 11.3 Å². The van der Waals surface area contributed by atoms with Crippen LogP contribution in [-0.2, 0) is 23.9 Å². The molecule has 0 spiro atoms. The Balaban J connectivity index is 0.000000164. The zero-order valence-corrected chi connectivity index (χ0v) is 33.3. The van der Waals surface area contributed by atoms with Crippen molar-refractivity contribution in [1.29, 1.82) is 0 Å². The van der Waals surface area contributed by atoms with E-state index in [0.29, 0.717) is 51.2 Å². The number of nitrogens with one attached hydrogen (secondary N) is 4. The third kappa shape index (κ3) is 8.86. The van der Waals surface area contributed by atoms with Crippen molar-refractivity contribution in [3.63, 3.8) is 0 Å². The maximum absolute atomic E-state index is 12.9. The third-order valence-corrected chi connectivity index (χ3v) is 9.61. The first-order valence-electron chi connectivity index (χ1n) is 18.9. The lowest BCUT2D eigenvalue weighted by molar-refractivity contribution is -0.125. The van der Waals surface area contributed by atoms with Crippen molar-refractivity contribution in [1.82, 2.24) is 39.8 Å². The van der Waals surface area contributed by atoms with E-state index >= 15 is 0 Å². The van der Waals surface area contributed by atoms with Gasteiger partial charge in [0.1, 0.15) is 34.0 Å². The van der Waals surface area contributed by atoms with Gasteiger partial charge in [-0.25, -0.2) is 14.8 Å². The summed E-state index contributed by atoms with van der Waals surface area (Å²) in [5.74, 6) is 1.15. The first kappa shape index (κ1) is 39.0. The number of aromatic nitrogens is 6. The fourth-order valence-corrected chi connectivity index (χ4v) is 6.61. The number of carbonyl (C=O) groups is 5. The number of fused-ring (bicyclic) bond motifs is 2. The maximum atomic E-state index is 12.9. The van der Waals surface area contributed by atoms with Gasteiger partial charge in [0.25, 0.3) is 11.8 Å². The smallest absolute Gasteiger partial charge is 0.416 e. The van der Waals surface area contributed by atoms with Gasteiger partial charge in [-0.3, -0.25) is 34.7 Å². The second kappa shape index (κ2) is 15.5. The van der Waals surface area contributed by atoms with Crippen LogP contribution in [0.2, 0.25) is 5.15 Å². The number of amides is 5. The van der Waals surface area contributed by atoms with Crippen LogP contribution in [-0.4, -0.2) is 83.7 Å². The number of nitrogens with zero attached hydrogens (tertiary/aromatic N) is 7. The molecule has 5 amide bonds. The fourth-order valence-electron chi connectivity index (χ4n) is 6.43. The summed E-state index contributed by atoms with van der Waals surface area (Å²) in [7, 11) is 1.62. The van der Waals surface area contributed by atoms with Crippen LogP contribution in [0, 0.1) is 0 Å². The van der Waals surface area contributed by atoms with Gasteiger partial charge in [-0.05, 0) is 70.7 Å². The average Bonchev–Trinajstić information content (AvgIpc) is 4.04. The molecular formula is C40H40ClN11O7. The molecule has 2 aliphatic carbocycles. The molecule has 0 unspecified atom stereocenters. The summed E-state index contributed by atoms with van der Waals surface area (Å²) in [5.41, 5.74) is 3.06. The number of hydrogen-bond donors (Lipinski definition) is 4. The topological polar surface area (TPSA) is 216 Å². The standard InChI is InChI=1S/C21H20N6O3.C19H20ClN5O4/c1-30-16-4-2-3-15(9-16)23-17-10-18(24-14-5-6-14)27-20(25-17)13(11-22-27)7-12-8-19(28)26-21(12)29;1-19(2,3)29-18(28)24(12-4-5-12)15-8-13(20)22-16-11(9-21-25(15)16)6-10-7-14(26)23-17(10)27/h2-4,7,9-11,14,24H,5-6,8H2,1H3,(H,23,25)(H,26,28,29);6,8-9,12H,4-5,7H2,1-3H3,(H,23,26,27)/b12-7+;10-6+. The minimum absolute atomic E-state index is 0.00393. The second-order valence-electron chi connectivity index (χ2n) is 15.4. The van der Waals surface area contributed by atoms with E-state index in [2.05, 4.69) is 36.4 Å². The van der Waals surface area contributed by atoms with Crippen LogP contribution in [0.25, 0.3) is 23.4 Å². The van der Waals surface area contributed by atoms with Crippen molar-refractivity contribution < 1.29 is 33.4 Å². The highest BCUT2D eigenvalue weighted by atomic mass is 35.5. The average molecular weight is 822 g/mol. The predicted octanol–water partition coefficient (Wildman–Crippen LogP) is 5.20. The molecule has 0 atom stereocenters. The Morgan fingerprint density at radius 3 is 2.07 bits per heavy atom.